The summed E-state index contributed by atoms with van der Waals surface area (Å²) in [6, 6.07) is 19.1. The molecule has 1 atom stereocenters. The fraction of sp³-hybridized carbons (Fsp3) is 0.222. The van der Waals surface area contributed by atoms with E-state index in [1.54, 1.807) is 7.11 Å². The molecule has 1 N–H and O–H groups in total. The molecule has 1 unspecified atom stereocenters. The topological polar surface area (TPSA) is 21.3 Å². The van der Waals surface area contributed by atoms with E-state index in [1.165, 1.54) is 16.8 Å². The molecular weight excluding hydrogens is 246 g/mol. The predicted octanol–water partition coefficient (Wildman–Crippen LogP) is 4.35. The van der Waals surface area contributed by atoms with E-state index in [4.69, 9.17) is 4.74 Å². The quantitative estimate of drug-likeness (QED) is 0.887. The van der Waals surface area contributed by atoms with E-state index >= 15 is 0 Å². The number of nitrogens with one attached hydrogen (secondary N) is 1. The second-order valence-corrected chi connectivity index (χ2v) is 5.03. The third-order valence-corrected chi connectivity index (χ3v) is 3.73. The van der Waals surface area contributed by atoms with E-state index in [-0.39, 0.29) is 0 Å². The van der Waals surface area contributed by atoms with Crippen LogP contribution in [0, 0.1) is 0 Å². The molecule has 102 valence electrons. The van der Waals surface area contributed by atoms with E-state index in [2.05, 4.69) is 47.8 Å². The summed E-state index contributed by atoms with van der Waals surface area (Å²) in [6.45, 7) is 0. The van der Waals surface area contributed by atoms with Crippen molar-refractivity contribution >= 4 is 11.3 Å². The van der Waals surface area contributed by atoms with Crippen LogP contribution in [0.4, 0.5) is 5.69 Å². The molecule has 2 nitrogen and oxygen atoms in total. The molecular formula is C18H19NO. The van der Waals surface area contributed by atoms with Crippen molar-refractivity contribution in [1.82, 2.24) is 0 Å². The van der Waals surface area contributed by atoms with Crippen molar-refractivity contribution in [1.29, 1.82) is 0 Å². The largest absolute Gasteiger partial charge is 0.497 e. The maximum Gasteiger partial charge on any atom is 0.118 e. The van der Waals surface area contributed by atoms with E-state index in [0.717, 1.165) is 18.6 Å². The van der Waals surface area contributed by atoms with Crippen molar-refractivity contribution < 1.29 is 4.74 Å². The number of hydrogen-bond acceptors (Lipinski definition) is 2. The zero-order valence-corrected chi connectivity index (χ0v) is 11.7. The Kier molecular flexibility index (Phi) is 3.73. The molecule has 0 fully saturated rings. The van der Waals surface area contributed by atoms with Crippen LogP contribution in [0.3, 0.4) is 0 Å². The average Bonchev–Trinajstić information content (AvgIpc) is 2.96. The lowest BCUT2D eigenvalue weighted by Crippen LogP contribution is -2.17. The summed E-state index contributed by atoms with van der Waals surface area (Å²) in [6.07, 6.45) is 4.62. The third kappa shape index (κ3) is 2.69. The van der Waals surface area contributed by atoms with Crippen molar-refractivity contribution in [3.8, 4) is 5.75 Å². The zero-order valence-electron chi connectivity index (χ0n) is 11.7. The summed E-state index contributed by atoms with van der Waals surface area (Å²) in [4.78, 5) is 0. The lowest BCUT2D eigenvalue weighted by Gasteiger charge is -2.18. The minimum Gasteiger partial charge on any atom is -0.497 e. The molecule has 3 rings (SSSR count). The second-order valence-electron chi connectivity index (χ2n) is 5.03. The van der Waals surface area contributed by atoms with Crippen molar-refractivity contribution in [3.63, 3.8) is 0 Å². The standard InChI is InChI=1S/C18H19NO/c1-20-16-12-10-14(11-13-16)17-8-5-9-18(17)19-15-6-3-2-4-7-15/h2-4,6-8,10-13,18-19H,5,9H2,1H3. The first-order valence-corrected chi connectivity index (χ1v) is 7.03. The number of allylic oxidation sites excluding steroid dienone is 1. The molecule has 0 aliphatic heterocycles. The molecule has 1 aliphatic rings. The molecule has 0 amide bonds. The van der Waals surface area contributed by atoms with Crippen molar-refractivity contribution in [2.24, 2.45) is 0 Å². The summed E-state index contributed by atoms with van der Waals surface area (Å²) < 4.78 is 5.22. The lowest BCUT2D eigenvalue weighted by molar-refractivity contribution is 0.415. The first-order valence-electron chi connectivity index (χ1n) is 7.03. The molecule has 0 saturated heterocycles. The highest BCUT2D eigenvalue weighted by Gasteiger charge is 2.20. The Morgan fingerprint density at radius 1 is 1.00 bits per heavy atom. The predicted molar refractivity (Wildman–Crippen MR) is 84.1 cm³/mol. The number of para-hydroxylation sites is 1. The highest BCUT2D eigenvalue weighted by Crippen LogP contribution is 2.31. The van der Waals surface area contributed by atoms with E-state index in [0.29, 0.717) is 6.04 Å². The van der Waals surface area contributed by atoms with Crippen LogP contribution < -0.4 is 10.1 Å². The Balaban J connectivity index is 1.78. The number of ether oxygens (including phenoxy) is 1. The van der Waals surface area contributed by atoms with E-state index in [9.17, 15) is 0 Å². The lowest BCUT2D eigenvalue weighted by atomic mass is 10.0. The molecule has 2 aromatic rings. The Morgan fingerprint density at radius 2 is 1.75 bits per heavy atom. The summed E-state index contributed by atoms with van der Waals surface area (Å²) in [5.41, 5.74) is 3.84. The van der Waals surface area contributed by atoms with Crippen LogP contribution >= 0.6 is 0 Å². The van der Waals surface area contributed by atoms with Crippen molar-refractivity contribution in [2.75, 3.05) is 12.4 Å². The van der Waals surface area contributed by atoms with Crippen LogP contribution in [0.15, 0.2) is 60.7 Å². The van der Waals surface area contributed by atoms with Gasteiger partial charge in [0.2, 0.25) is 0 Å². The van der Waals surface area contributed by atoms with Crippen LogP contribution in [0.25, 0.3) is 5.57 Å². The molecule has 20 heavy (non-hydrogen) atoms. The summed E-state index contributed by atoms with van der Waals surface area (Å²) >= 11 is 0. The molecule has 1 aliphatic carbocycles. The maximum absolute atomic E-state index is 5.22. The minimum atomic E-state index is 0.394. The van der Waals surface area contributed by atoms with Gasteiger partial charge in [0.05, 0.1) is 13.2 Å². The summed E-state index contributed by atoms with van der Waals surface area (Å²) in [5.74, 6) is 0.903. The van der Waals surface area contributed by atoms with Gasteiger partial charge in [0.25, 0.3) is 0 Å². The van der Waals surface area contributed by atoms with Crippen LogP contribution in [0.2, 0.25) is 0 Å². The minimum absolute atomic E-state index is 0.394. The van der Waals surface area contributed by atoms with Gasteiger partial charge in [-0.05, 0) is 48.2 Å². The normalized spacial score (nSPS) is 17.6. The van der Waals surface area contributed by atoms with E-state index in [1.807, 2.05) is 18.2 Å². The average molecular weight is 265 g/mol. The van der Waals surface area contributed by atoms with Gasteiger partial charge >= 0.3 is 0 Å². The van der Waals surface area contributed by atoms with Gasteiger partial charge in [-0.2, -0.15) is 0 Å². The monoisotopic (exact) mass is 265 g/mol. The number of hydrogen-bond donors (Lipinski definition) is 1. The maximum atomic E-state index is 5.22. The molecule has 0 spiro atoms. The summed E-state index contributed by atoms with van der Waals surface area (Å²) in [7, 11) is 1.70. The summed E-state index contributed by atoms with van der Waals surface area (Å²) in [5, 5.41) is 3.62. The smallest absolute Gasteiger partial charge is 0.118 e. The molecule has 0 bridgehead atoms. The Labute approximate surface area is 120 Å². The first-order chi connectivity index (χ1) is 9.86. The Hall–Kier alpha value is -2.22. The van der Waals surface area contributed by atoms with Gasteiger partial charge in [-0.1, -0.05) is 36.4 Å². The van der Waals surface area contributed by atoms with Gasteiger partial charge in [-0.15, -0.1) is 0 Å². The molecule has 0 saturated carbocycles. The Morgan fingerprint density at radius 3 is 2.45 bits per heavy atom. The van der Waals surface area contributed by atoms with E-state index < -0.39 is 0 Å². The van der Waals surface area contributed by atoms with Gasteiger partial charge in [0.15, 0.2) is 0 Å². The van der Waals surface area contributed by atoms with Gasteiger partial charge in [0.1, 0.15) is 5.75 Å². The number of anilines is 1. The van der Waals surface area contributed by atoms with Crippen LogP contribution in [-0.2, 0) is 0 Å². The van der Waals surface area contributed by atoms with Gasteiger partial charge in [-0.3, -0.25) is 0 Å². The van der Waals surface area contributed by atoms with Gasteiger partial charge in [-0.25, -0.2) is 0 Å². The van der Waals surface area contributed by atoms with Crippen molar-refractivity contribution in [2.45, 2.75) is 18.9 Å². The first kappa shape index (κ1) is 12.8. The number of methoxy groups -OCH3 is 1. The fourth-order valence-electron chi connectivity index (χ4n) is 2.69. The SMILES string of the molecule is COc1ccc(C2=CCCC2Nc2ccccc2)cc1. The van der Waals surface area contributed by atoms with Crippen LogP contribution in [0.1, 0.15) is 18.4 Å². The second kappa shape index (κ2) is 5.83. The number of benzene rings is 2. The highest BCUT2D eigenvalue weighted by molar-refractivity contribution is 5.74. The zero-order chi connectivity index (χ0) is 13.8. The van der Waals surface area contributed by atoms with Crippen molar-refractivity contribution in [3.05, 3.63) is 66.2 Å². The number of rotatable bonds is 4. The molecule has 0 radical (unpaired) electrons. The van der Waals surface area contributed by atoms with Crippen LogP contribution in [-0.4, -0.2) is 13.2 Å². The molecule has 0 heterocycles. The van der Waals surface area contributed by atoms with Gasteiger partial charge < -0.3 is 10.1 Å². The fourth-order valence-corrected chi connectivity index (χ4v) is 2.69. The highest BCUT2D eigenvalue weighted by atomic mass is 16.5. The molecule has 2 aromatic carbocycles. The van der Waals surface area contributed by atoms with Gasteiger partial charge in [0, 0.05) is 5.69 Å². The third-order valence-electron chi connectivity index (χ3n) is 3.73. The molecule has 2 heteroatoms. The van der Waals surface area contributed by atoms with Crippen LogP contribution in [0.5, 0.6) is 5.75 Å². The Bertz CT molecular complexity index is 587. The molecule has 0 aromatic heterocycles.